The molecule has 1 fully saturated rings. The predicted octanol–water partition coefficient (Wildman–Crippen LogP) is 2.43. The molecule has 3 nitrogen and oxygen atoms in total. The minimum atomic E-state index is -0.523. The number of benzene rings is 1. The third kappa shape index (κ3) is 4.30. The summed E-state index contributed by atoms with van der Waals surface area (Å²) in [6.45, 7) is 3.18. The summed E-state index contributed by atoms with van der Waals surface area (Å²) in [7, 11) is 0. The summed E-state index contributed by atoms with van der Waals surface area (Å²) in [5.41, 5.74) is 0.556. The van der Waals surface area contributed by atoms with Crippen LogP contribution in [0, 0.1) is 23.6 Å². The summed E-state index contributed by atoms with van der Waals surface area (Å²) >= 11 is 0. The van der Waals surface area contributed by atoms with Crippen molar-refractivity contribution in [3.63, 3.8) is 0 Å². The lowest BCUT2D eigenvalue weighted by Gasteiger charge is -2.22. The molecule has 0 aromatic heterocycles. The molecule has 0 bridgehead atoms. The molecule has 21 heavy (non-hydrogen) atoms. The van der Waals surface area contributed by atoms with E-state index in [-0.39, 0.29) is 18.1 Å². The molecule has 1 aromatic carbocycles. The van der Waals surface area contributed by atoms with Crippen LogP contribution in [-0.2, 0) is 0 Å². The molecule has 2 rings (SSSR count). The second kappa shape index (κ2) is 7.24. The van der Waals surface area contributed by atoms with Crippen molar-refractivity contribution in [3.8, 4) is 11.8 Å². The van der Waals surface area contributed by atoms with E-state index in [2.05, 4.69) is 11.8 Å². The van der Waals surface area contributed by atoms with Gasteiger partial charge in [-0.15, -0.1) is 0 Å². The fraction of sp³-hybridized carbons (Fsp3) is 0.471. The highest BCUT2D eigenvalue weighted by Gasteiger charge is 2.27. The van der Waals surface area contributed by atoms with E-state index in [1.165, 1.54) is 25.0 Å². The second-order valence-corrected chi connectivity index (χ2v) is 5.35. The van der Waals surface area contributed by atoms with Crippen molar-refractivity contribution >= 4 is 5.91 Å². The Kier molecular flexibility index (Phi) is 5.35. The summed E-state index contributed by atoms with van der Waals surface area (Å²) in [4.78, 5) is 14.3. The number of rotatable bonds is 5. The van der Waals surface area contributed by atoms with E-state index in [1.54, 1.807) is 6.07 Å². The topological polar surface area (TPSA) is 40.5 Å². The zero-order valence-corrected chi connectivity index (χ0v) is 12.2. The van der Waals surface area contributed by atoms with Crippen molar-refractivity contribution in [2.45, 2.75) is 26.2 Å². The summed E-state index contributed by atoms with van der Waals surface area (Å²) in [6.07, 6.45) is 3.25. The van der Waals surface area contributed by atoms with Crippen LogP contribution >= 0.6 is 0 Å². The molecule has 0 heterocycles. The van der Waals surface area contributed by atoms with Gasteiger partial charge in [-0.2, -0.15) is 0 Å². The quantitative estimate of drug-likeness (QED) is 0.846. The van der Waals surface area contributed by atoms with Gasteiger partial charge in [0.05, 0.1) is 5.56 Å². The summed E-state index contributed by atoms with van der Waals surface area (Å²) in [6, 6.07) is 4.33. The first-order chi connectivity index (χ1) is 10.2. The first kappa shape index (κ1) is 15.5. The van der Waals surface area contributed by atoms with E-state index in [1.807, 2.05) is 11.8 Å². The summed E-state index contributed by atoms with van der Waals surface area (Å²) in [5.74, 6) is 4.89. The van der Waals surface area contributed by atoms with E-state index in [0.717, 1.165) is 13.0 Å². The van der Waals surface area contributed by atoms with Crippen LogP contribution in [-0.4, -0.2) is 35.6 Å². The minimum Gasteiger partial charge on any atom is -0.384 e. The molecule has 0 unspecified atom stereocenters. The Hall–Kier alpha value is -1.86. The van der Waals surface area contributed by atoms with E-state index in [4.69, 9.17) is 5.11 Å². The van der Waals surface area contributed by atoms with Gasteiger partial charge in [0.2, 0.25) is 0 Å². The van der Waals surface area contributed by atoms with Crippen LogP contribution in [0.5, 0.6) is 0 Å². The van der Waals surface area contributed by atoms with Crippen LogP contribution in [0.4, 0.5) is 4.39 Å². The van der Waals surface area contributed by atoms with Crippen LogP contribution < -0.4 is 0 Å². The van der Waals surface area contributed by atoms with Gasteiger partial charge in [0.25, 0.3) is 5.91 Å². The molecule has 4 heteroatoms. The molecule has 1 aliphatic carbocycles. The summed E-state index contributed by atoms with van der Waals surface area (Å²) < 4.78 is 13.9. The number of hydrogen-bond acceptors (Lipinski definition) is 2. The summed E-state index contributed by atoms with van der Waals surface area (Å²) in [5, 5.41) is 8.63. The zero-order chi connectivity index (χ0) is 15.2. The third-order valence-corrected chi connectivity index (χ3v) is 3.47. The Labute approximate surface area is 124 Å². The van der Waals surface area contributed by atoms with Gasteiger partial charge in [-0.05, 0) is 43.4 Å². The molecule has 1 N–H and O–H groups in total. The van der Waals surface area contributed by atoms with Crippen LogP contribution in [0.15, 0.2) is 18.2 Å². The molecule has 0 radical (unpaired) electrons. The maximum absolute atomic E-state index is 13.9. The van der Waals surface area contributed by atoms with Crippen molar-refractivity contribution in [2.24, 2.45) is 5.92 Å². The predicted molar refractivity (Wildman–Crippen MR) is 79.3 cm³/mol. The average Bonchev–Trinajstić information content (AvgIpc) is 3.29. The van der Waals surface area contributed by atoms with Gasteiger partial charge in [0, 0.05) is 18.7 Å². The number of nitrogens with zero attached hydrogens (tertiary/aromatic N) is 1. The van der Waals surface area contributed by atoms with Gasteiger partial charge in [-0.1, -0.05) is 18.8 Å². The number of halogens is 1. The van der Waals surface area contributed by atoms with Crippen LogP contribution in [0.2, 0.25) is 0 Å². The van der Waals surface area contributed by atoms with Crippen LogP contribution in [0.25, 0.3) is 0 Å². The third-order valence-electron chi connectivity index (χ3n) is 3.47. The number of hydrogen-bond donors (Lipinski definition) is 1. The normalized spacial score (nSPS) is 13.5. The molecular weight excluding hydrogens is 269 g/mol. The Balaban J connectivity index is 2.14. The molecule has 0 aliphatic heterocycles. The Morgan fingerprint density at radius 2 is 2.24 bits per heavy atom. The molecule has 1 saturated carbocycles. The minimum absolute atomic E-state index is 0.121. The highest BCUT2D eigenvalue weighted by Crippen LogP contribution is 2.30. The zero-order valence-electron chi connectivity index (χ0n) is 12.2. The molecule has 112 valence electrons. The first-order valence-electron chi connectivity index (χ1n) is 7.34. The molecular formula is C17H20FNO2. The largest absolute Gasteiger partial charge is 0.384 e. The maximum Gasteiger partial charge on any atom is 0.253 e. The number of carbonyl (C=O) groups excluding carboxylic acids is 1. The highest BCUT2D eigenvalue weighted by molar-refractivity contribution is 5.94. The maximum atomic E-state index is 13.9. The van der Waals surface area contributed by atoms with Gasteiger partial charge in [0.1, 0.15) is 12.4 Å². The van der Waals surface area contributed by atoms with E-state index in [0.29, 0.717) is 18.0 Å². The van der Waals surface area contributed by atoms with Crippen LogP contribution in [0.1, 0.15) is 42.1 Å². The van der Waals surface area contributed by atoms with Gasteiger partial charge >= 0.3 is 0 Å². The molecule has 1 amide bonds. The van der Waals surface area contributed by atoms with Crippen molar-refractivity contribution < 1.29 is 14.3 Å². The Bertz CT molecular complexity index is 570. The number of amides is 1. The standard InChI is InChI=1S/C17H20FNO2/c1-2-9-19(12-13-5-6-13)17(21)15-8-7-14(4-3-10-20)16(18)11-15/h7-8,11,13,20H,2,5-6,9-10,12H2,1H3. The number of aliphatic hydroxyl groups is 1. The molecule has 1 aromatic rings. The monoisotopic (exact) mass is 289 g/mol. The SMILES string of the molecule is CCCN(CC1CC1)C(=O)c1ccc(C#CCO)c(F)c1. The van der Waals surface area contributed by atoms with Gasteiger partial charge in [-0.3, -0.25) is 4.79 Å². The fourth-order valence-corrected chi connectivity index (χ4v) is 2.22. The van der Waals surface area contributed by atoms with E-state index < -0.39 is 5.82 Å². The van der Waals surface area contributed by atoms with Gasteiger partial charge < -0.3 is 10.0 Å². The molecule has 0 atom stereocenters. The lowest BCUT2D eigenvalue weighted by atomic mass is 10.1. The van der Waals surface area contributed by atoms with E-state index >= 15 is 0 Å². The lowest BCUT2D eigenvalue weighted by molar-refractivity contribution is 0.0747. The highest BCUT2D eigenvalue weighted by atomic mass is 19.1. The fourth-order valence-electron chi connectivity index (χ4n) is 2.22. The number of carbonyl (C=O) groups is 1. The van der Waals surface area contributed by atoms with Crippen molar-refractivity contribution in [1.29, 1.82) is 0 Å². The lowest BCUT2D eigenvalue weighted by Crippen LogP contribution is -2.33. The first-order valence-corrected chi connectivity index (χ1v) is 7.34. The second-order valence-electron chi connectivity index (χ2n) is 5.35. The van der Waals surface area contributed by atoms with Crippen molar-refractivity contribution in [3.05, 3.63) is 35.1 Å². The van der Waals surface area contributed by atoms with Gasteiger partial charge in [-0.25, -0.2) is 4.39 Å². The Morgan fingerprint density at radius 1 is 1.48 bits per heavy atom. The average molecular weight is 289 g/mol. The van der Waals surface area contributed by atoms with Crippen molar-refractivity contribution in [2.75, 3.05) is 19.7 Å². The molecule has 0 saturated heterocycles. The van der Waals surface area contributed by atoms with E-state index in [9.17, 15) is 9.18 Å². The number of aliphatic hydroxyl groups excluding tert-OH is 1. The van der Waals surface area contributed by atoms with Gasteiger partial charge in [0.15, 0.2) is 0 Å². The van der Waals surface area contributed by atoms with Crippen molar-refractivity contribution in [1.82, 2.24) is 4.90 Å². The van der Waals surface area contributed by atoms with Crippen LogP contribution in [0.3, 0.4) is 0 Å². The molecule has 0 spiro atoms. The molecule has 1 aliphatic rings. The smallest absolute Gasteiger partial charge is 0.253 e. The Morgan fingerprint density at radius 3 is 2.81 bits per heavy atom.